The van der Waals surface area contributed by atoms with Crippen LogP contribution >= 0.6 is 0 Å². The number of aromatic nitrogens is 1. The average Bonchev–Trinajstić information content (AvgIpc) is 2.91. The highest BCUT2D eigenvalue weighted by Crippen LogP contribution is 2.26. The molecule has 1 atom stereocenters. The summed E-state index contributed by atoms with van der Waals surface area (Å²) in [5.41, 5.74) is 7.36. The van der Waals surface area contributed by atoms with Crippen molar-refractivity contribution in [3.8, 4) is 0 Å². The van der Waals surface area contributed by atoms with Crippen LogP contribution in [0.2, 0.25) is 0 Å². The molecule has 1 aromatic rings. The van der Waals surface area contributed by atoms with Gasteiger partial charge in [0.2, 0.25) is 0 Å². The summed E-state index contributed by atoms with van der Waals surface area (Å²) in [6, 6.07) is 2.55. The summed E-state index contributed by atoms with van der Waals surface area (Å²) >= 11 is 0. The normalized spacial score (nSPS) is 19.1. The van der Waals surface area contributed by atoms with Crippen LogP contribution in [0.5, 0.6) is 0 Å². The Hall–Kier alpha value is -0.760. The Morgan fingerprint density at radius 1 is 1.44 bits per heavy atom. The van der Waals surface area contributed by atoms with Gasteiger partial charge in [0, 0.05) is 25.0 Å². The second-order valence-electron chi connectivity index (χ2n) is 5.24. The second-order valence-corrected chi connectivity index (χ2v) is 5.24. The van der Waals surface area contributed by atoms with Crippen molar-refractivity contribution >= 4 is 0 Å². The molecule has 0 spiro atoms. The van der Waals surface area contributed by atoms with Crippen molar-refractivity contribution in [2.45, 2.75) is 58.0 Å². The van der Waals surface area contributed by atoms with Crippen LogP contribution in [0.15, 0.2) is 18.5 Å². The molecule has 0 bridgehead atoms. The number of rotatable bonds is 5. The van der Waals surface area contributed by atoms with Crippen LogP contribution in [0.3, 0.4) is 0 Å². The van der Waals surface area contributed by atoms with Gasteiger partial charge in [0.15, 0.2) is 0 Å². The van der Waals surface area contributed by atoms with E-state index < -0.39 is 0 Å². The van der Waals surface area contributed by atoms with Gasteiger partial charge < -0.3 is 10.3 Å². The summed E-state index contributed by atoms with van der Waals surface area (Å²) < 4.78 is 2.35. The zero-order valence-corrected chi connectivity index (χ0v) is 10.4. The number of hydrogen-bond donors (Lipinski definition) is 1. The Labute approximate surface area is 98.8 Å². The van der Waals surface area contributed by atoms with E-state index in [4.69, 9.17) is 5.73 Å². The highest BCUT2D eigenvalue weighted by Gasteiger charge is 2.15. The maximum atomic E-state index is 5.97. The van der Waals surface area contributed by atoms with Crippen LogP contribution in [0.1, 0.15) is 44.6 Å². The SMILES string of the molecule is CCC(N)Cc1ccn(CC2CCCC2)c1. The lowest BCUT2D eigenvalue weighted by Gasteiger charge is -2.10. The molecule has 1 unspecified atom stereocenters. The van der Waals surface area contributed by atoms with Gasteiger partial charge in [-0.3, -0.25) is 0 Å². The molecular formula is C14H24N2. The summed E-state index contributed by atoms with van der Waals surface area (Å²) in [6.45, 7) is 3.36. The van der Waals surface area contributed by atoms with Gasteiger partial charge in [-0.25, -0.2) is 0 Å². The third-order valence-electron chi connectivity index (χ3n) is 3.78. The van der Waals surface area contributed by atoms with Crippen LogP contribution < -0.4 is 5.73 Å². The van der Waals surface area contributed by atoms with Crippen molar-refractivity contribution in [1.82, 2.24) is 4.57 Å². The topological polar surface area (TPSA) is 30.9 Å². The van der Waals surface area contributed by atoms with Gasteiger partial charge in [-0.05, 0) is 43.2 Å². The first kappa shape index (κ1) is 11.7. The first-order chi connectivity index (χ1) is 7.78. The molecule has 1 fully saturated rings. The standard InChI is InChI=1S/C14H24N2/c1-2-14(15)9-13-7-8-16(11-13)10-12-5-3-4-6-12/h7-8,11-12,14H,2-6,9-10,15H2,1H3. The molecule has 90 valence electrons. The number of hydrogen-bond acceptors (Lipinski definition) is 1. The highest BCUT2D eigenvalue weighted by molar-refractivity contribution is 5.11. The summed E-state index contributed by atoms with van der Waals surface area (Å²) in [4.78, 5) is 0. The third kappa shape index (κ3) is 3.11. The number of nitrogens with zero attached hydrogens (tertiary/aromatic N) is 1. The predicted molar refractivity (Wildman–Crippen MR) is 68.4 cm³/mol. The van der Waals surface area contributed by atoms with E-state index >= 15 is 0 Å². The van der Waals surface area contributed by atoms with E-state index in [9.17, 15) is 0 Å². The molecule has 0 aromatic carbocycles. The largest absolute Gasteiger partial charge is 0.354 e. The molecule has 1 heterocycles. The van der Waals surface area contributed by atoms with Crippen molar-refractivity contribution in [2.24, 2.45) is 11.7 Å². The summed E-state index contributed by atoms with van der Waals surface area (Å²) in [7, 11) is 0. The van der Waals surface area contributed by atoms with Crippen molar-refractivity contribution in [2.75, 3.05) is 0 Å². The van der Waals surface area contributed by atoms with Crippen LogP contribution in [-0.2, 0) is 13.0 Å². The molecule has 2 N–H and O–H groups in total. The minimum absolute atomic E-state index is 0.322. The van der Waals surface area contributed by atoms with Gasteiger partial charge in [0.25, 0.3) is 0 Å². The van der Waals surface area contributed by atoms with E-state index in [1.54, 1.807) is 0 Å². The monoisotopic (exact) mass is 220 g/mol. The smallest absolute Gasteiger partial charge is 0.0248 e. The van der Waals surface area contributed by atoms with Crippen LogP contribution in [0.25, 0.3) is 0 Å². The quantitative estimate of drug-likeness (QED) is 0.812. The summed E-state index contributed by atoms with van der Waals surface area (Å²) in [5.74, 6) is 0.917. The van der Waals surface area contributed by atoms with Crippen LogP contribution in [0.4, 0.5) is 0 Å². The van der Waals surface area contributed by atoms with Gasteiger partial charge in [-0.15, -0.1) is 0 Å². The van der Waals surface area contributed by atoms with Gasteiger partial charge in [0.05, 0.1) is 0 Å². The lowest BCUT2D eigenvalue weighted by atomic mass is 10.1. The zero-order chi connectivity index (χ0) is 11.4. The summed E-state index contributed by atoms with van der Waals surface area (Å²) in [5, 5.41) is 0. The van der Waals surface area contributed by atoms with E-state index in [1.165, 1.54) is 37.8 Å². The molecule has 1 aliphatic carbocycles. The Morgan fingerprint density at radius 2 is 2.19 bits per heavy atom. The predicted octanol–water partition coefficient (Wildman–Crippen LogP) is 2.96. The van der Waals surface area contributed by atoms with E-state index in [-0.39, 0.29) is 0 Å². The third-order valence-corrected chi connectivity index (χ3v) is 3.78. The van der Waals surface area contributed by atoms with Gasteiger partial charge in [-0.2, -0.15) is 0 Å². The molecule has 0 aliphatic heterocycles. The molecule has 2 heteroatoms. The molecule has 16 heavy (non-hydrogen) atoms. The molecule has 0 saturated heterocycles. The first-order valence-corrected chi connectivity index (χ1v) is 6.68. The van der Waals surface area contributed by atoms with Crippen LogP contribution in [0, 0.1) is 5.92 Å². The minimum Gasteiger partial charge on any atom is -0.354 e. The number of nitrogens with two attached hydrogens (primary N) is 1. The Balaban J connectivity index is 1.86. The molecule has 1 aromatic heterocycles. The van der Waals surface area contributed by atoms with Gasteiger partial charge >= 0.3 is 0 Å². The lowest BCUT2D eigenvalue weighted by Crippen LogP contribution is -2.21. The fraction of sp³-hybridized carbons (Fsp3) is 0.714. The van der Waals surface area contributed by atoms with Crippen molar-refractivity contribution < 1.29 is 0 Å². The first-order valence-electron chi connectivity index (χ1n) is 6.68. The molecule has 2 nitrogen and oxygen atoms in total. The highest BCUT2D eigenvalue weighted by atomic mass is 14.9. The average molecular weight is 220 g/mol. The van der Waals surface area contributed by atoms with E-state index in [2.05, 4.69) is 30.0 Å². The van der Waals surface area contributed by atoms with E-state index in [1.807, 2.05) is 0 Å². The van der Waals surface area contributed by atoms with Crippen molar-refractivity contribution in [3.05, 3.63) is 24.0 Å². The molecule has 1 aliphatic rings. The fourth-order valence-corrected chi connectivity index (χ4v) is 2.66. The van der Waals surface area contributed by atoms with Crippen LogP contribution in [-0.4, -0.2) is 10.6 Å². The molecule has 1 saturated carbocycles. The molecule has 0 amide bonds. The Bertz CT molecular complexity index is 310. The van der Waals surface area contributed by atoms with E-state index in [0.717, 1.165) is 18.8 Å². The minimum atomic E-state index is 0.322. The second kappa shape index (κ2) is 5.53. The van der Waals surface area contributed by atoms with Gasteiger partial charge in [0.1, 0.15) is 0 Å². The van der Waals surface area contributed by atoms with Crippen molar-refractivity contribution in [3.63, 3.8) is 0 Å². The van der Waals surface area contributed by atoms with Gasteiger partial charge in [-0.1, -0.05) is 19.8 Å². The fourth-order valence-electron chi connectivity index (χ4n) is 2.66. The lowest BCUT2D eigenvalue weighted by molar-refractivity contribution is 0.458. The Kier molecular flexibility index (Phi) is 4.05. The van der Waals surface area contributed by atoms with Crippen molar-refractivity contribution in [1.29, 1.82) is 0 Å². The van der Waals surface area contributed by atoms with E-state index in [0.29, 0.717) is 6.04 Å². The Morgan fingerprint density at radius 3 is 2.88 bits per heavy atom. The molecular weight excluding hydrogens is 196 g/mol. The molecule has 2 rings (SSSR count). The maximum absolute atomic E-state index is 5.97. The molecule has 0 radical (unpaired) electrons. The summed E-state index contributed by atoms with van der Waals surface area (Å²) in [6.07, 6.45) is 12.3. The zero-order valence-electron chi connectivity index (χ0n) is 10.4. The maximum Gasteiger partial charge on any atom is 0.0248 e.